The molecular formula is C25H30N4O2. The van der Waals surface area contributed by atoms with Crippen LogP contribution in [0.15, 0.2) is 48.7 Å². The standard InChI is InChI=1S/C25H30N4O2/c1-15(2)18-6-8-21-13-19(7-9-20(21)12-18)17(5)27-24-26-11-10-23(28-24)29-22(16(3)4)14-31-25(29)30/h6-13,15-17,22H,14H2,1-5H3,(H,26,27,28)/t17-,22+/m0/s1. The van der Waals surface area contributed by atoms with Gasteiger partial charge in [0.2, 0.25) is 5.95 Å². The number of cyclic esters (lactones) is 1. The topological polar surface area (TPSA) is 67.4 Å². The minimum atomic E-state index is -0.355. The number of amides is 1. The fourth-order valence-corrected chi connectivity index (χ4v) is 3.93. The van der Waals surface area contributed by atoms with Gasteiger partial charge in [-0.15, -0.1) is 0 Å². The highest BCUT2D eigenvalue weighted by Crippen LogP contribution is 2.28. The molecule has 6 nitrogen and oxygen atoms in total. The first-order chi connectivity index (χ1) is 14.8. The van der Waals surface area contributed by atoms with Crippen molar-refractivity contribution >= 4 is 28.6 Å². The molecule has 4 rings (SSSR count). The van der Waals surface area contributed by atoms with Crippen molar-refractivity contribution in [3.8, 4) is 0 Å². The van der Waals surface area contributed by atoms with Crippen LogP contribution in [0.4, 0.5) is 16.6 Å². The van der Waals surface area contributed by atoms with Crippen LogP contribution in [0.1, 0.15) is 57.7 Å². The number of aromatic nitrogens is 2. The zero-order chi connectivity index (χ0) is 22.1. The summed E-state index contributed by atoms with van der Waals surface area (Å²) in [6.45, 7) is 11.0. The molecule has 1 fully saturated rings. The third kappa shape index (κ3) is 4.33. The van der Waals surface area contributed by atoms with E-state index in [9.17, 15) is 4.79 Å². The van der Waals surface area contributed by atoms with Crippen LogP contribution in [0.5, 0.6) is 0 Å². The molecule has 0 saturated carbocycles. The van der Waals surface area contributed by atoms with Crippen molar-refractivity contribution < 1.29 is 9.53 Å². The smallest absolute Gasteiger partial charge is 0.415 e. The number of ether oxygens (including phenoxy) is 1. The second-order valence-electron chi connectivity index (χ2n) is 8.88. The number of hydrogen-bond acceptors (Lipinski definition) is 5. The summed E-state index contributed by atoms with van der Waals surface area (Å²) in [5.41, 5.74) is 2.50. The van der Waals surface area contributed by atoms with Crippen LogP contribution in [0.3, 0.4) is 0 Å². The molecule has 2 heterocycles. The molecule has 0 spiro atoms. The Morgan fingerprint density at radius 1 is 1.00 bits per heavy atom. The fraction of sp³-hybridized carbons (Fsp3) is 0.400. The van der Waals surface area contributed by atoms with Gasteiger partial charge in [-0.05, 0) is 52.8 Å². The first-order valence-corrected chi connectivity index (χ1v) is 10.9. The Hall–Kier alpha value is -3.15. The second kappa shape index (κ2) is 8.53. The van der Waals surface area contributed by atoms with E-state index in [1.54, 1.807) is 17.2 Å². The lowest BCUT2D eigenvalue weighted by Gasteiger charge is -2.24. The maximum atomic E-state index is 12.3. The van der Waals surface area contributed by atoms with Gasteiger partial charge >= 0.3 is 6.09 Å². The zero-order valence-corrected chi connectivity index (χ0v) is 18.8. The molecule has 1 aliphatic heterocycles. The lowest BCUT2D eigenvalue weighted by atomic mass is 9.97. The number of rotatable bonds is 6. The molecule has 0 unspecified atom stereocenters. The van der Waals surface area contributed by atoms with E-state index in [1.165, 1.54) is 16.3 Å². The van der Waals surface area contributed by atoms with E-state index >= 15 is 0 Å². The Morgan fingerprint density at radius 3 is 2.35 bits per heavy atom. The Morgan fingerprint density at radius 2 is 1.68 bits per heavy atom. The molecule has 1 amide bonds. The first-order valence-electron chi connectivity index (χ1n) is 10.9. The van der Waals surface area contributed by atoms with Gasteiger partial charge in [-0.3, -0.25) is 4.90 Å². The van der Waals surface area contributed by atoms with Gasteiger partial charge in [0.25, 0.3) is 0 Å². The van der Waals surface area contributed by atoms with E-state index in [0.717, 1.165) is 5.56 Å². The summed E-state index contributed by atoms with van der Waals surface area (Å²) in [6.07, 6.45) is 1.32. The molecule has 1 aromatic heterocycles. The summed E-state index contributed by atoms with van der Waals surface area (Å²) in [5.74, 6) is 1.83. The number of hydrogen-bond donors (Lipinski definition) is 1. The summed E-state index contributed by atoms with van der Waals surface area (Å²) in [6, 6.07) is 14.9. The molecule has 1 saturated heterocycles. The number of anilines is 2. The molecule has 3 aromatic rings. The maximum absolute atomic E-state index is 12.3. The summed E-state index contributed by atoms with van der Waals surface area (Å²) in [4.78, 5) is 22.9. The van der Waals surface area contributed by atoms with E-state index < -0.39 is 0 Å². The van der Waals surface area contributed by atoms with E-state index in [0.29, 0.717) is 24.3 Å². The van der Waals surface area contributed by atoms with Crippen molar-refractivity contribution in [3.05, 3.63) is 59.8 Å². The highest BCUT2D eigenvalue weighted by atomic mass is 16.6. The predicted molar refractivity (Wildman–Crippen MR) is 125 cm³/mol. The van der Waals surface area contributed by atoms with E-state index in [1.807, 2.05) is 0 Å². The number of nitrogens with zero attached hydrogens (tertiary/aromatic N) is 3. The molecule has 1 aliphatic rings. The van der Waals surface area contributed by atoms with Crippen molar-refractivity contribution in [1.82, 2.24) is 9.97 Å². The molecule has 0 bridgehead atoms. The minimum Gasteiger partial charge on any atom is -0.447 e. The molecule has 0 radical (unpaired) electrons. The predicted octanol–water partition coefficient (Wildman–Crippen LogP) is 5.91. The highest BCUT2D eigenvalue weighted by Gasteiger charge is 2.37. The maximum Gasteiger partial charge on any atom is 0.415 e. The van der Waals surface area contributed by atoms with Crippen LogP contribution in [0, 0.1) is 5.92 Å². The molecule has 31 heavy (non-hydrogen) atoms. The zero-order valence-electron chi connectivity index (χ0n) is 18.8. The Labute approximate surface area is 183 Å². The average molecular weight is 419 g/mol. The van der Waals surface area contributed by atoms with Crippen molar-refractivity contribution in [2.45, 2.75) is 52.6 Å². The molecule has 2 atom stereocenters. The van der Waals surface area contributed by atoms with Gasteiger partial charge in [0.1, 0.15) is 12.4 Å². The van der Waals surface area contributed by atoms with Gasteiger partial charge in [-0.25, -0.2) is 9.78 Å². The molecule has 162 valence electrons. The van der Waals surface area contributed by atoms with Crippen LogP contribution in [0.2, 0.25) is 0 Å². The van der Waals surface area contributed by atoms with Crippen LogP contribution >= 0.6 is 0 Å². The largest absolute Gasteiger partial charge is 0.447 e. The molecule has 6 heteroatoms. The average Bonchev–Trinajstić information content (AvgIpc) is 3.14. The molecular weight excluding hydrogens is 388 g/mol. The van der Waals surface area contributed by atoms with Crippen molar-refractivity contribution in [2.75, 3.05) is 16.8 Å². The van der Waals surface area contributed by atoms with Crippen LogP contribution in [-0.4, -0.2) is 28.7 Å². The number of fused-ring (bicyclic) bond motifs is 1. The summed E-state index contributed by atoms with van der Waals surface area (Å²) in [7, 11) is 0. The lowest BCUT2D eigenvalue weighted by Crippen LogP contribution is -2.37. The van der Waals surface area contributed by atoms with Crippen LogP contribution in [-0.2, 0) is 4.74 Å². The van der Waals surface area contributed by atoms with E-state index in [4.69, 9.17) is 4.74 Å². The van der Waals surface area contributed by atoms with Crippen molar-refractivity contribution in [1.29, 1.82) is 0 Å². The third-order valence-electron chi connectivity index (χ3n) is 5.96. The second-order valence-corrected chi connectivity index (χ2v) is 8.88. The van der Waals surface area contributed by atoms with Crippen molar-refractivity contribution in [3.63, 3.8) is 0 Å². The molecule has 2 aromatic carbocycles. The molecule has 1 N–H and O–H groups in total. The Kier molecular flexibility index (Phi) is 5.81. The molecule has 0 aliphatic carbocycles. The van der Waals surface area contributed by atoms with E-state index in [2.05, 4.69) is 86.3 Å². The highest BCUT2D eigenvalue weighted by molar-refractivity contribution is 5.89. The normalized spacial score (nSPS) is 17.5. The van der Waals surface area contributed by atoms with Gasteiger partial charge in [0.15, 0.2) is 0 Å². The van der Waals surface area contributed by atoms with Gasteiger partial charge in [0.05, 0.1) is 12.1 Å². The fourth-order valence-electron chi connectivity index (χ4n) is 3.93. The number of nitrogens with one attached hydrogen (secondary N) is 1. The summed E-state index contributed by atoms with van der Waals surface area (Å²) < 4.78 is 5.25. The number of carbonyl (C=O) groups is 1. The monoisotopic (exact) mass is 418 g/mol. The quantitative estimate of drug-likeness (QED) is 0.539. The Bertz CT molecular complexity index is 1100. The van der Waals surface area contributed by atoms with Gasteiger partial charge in [-0.1, -0.05) is 58.0 Å². The number of benzene rings is 2. The SMILES string of the molecule is CC(C)c1ccc2cc([C@H](C)Nc3nccc(N4C(=O)OC[C@@H]4C(C)C)n3)ccc2c1. The number of carbonyl (C=O) groups excluding carboxylic acids is 1. The lowest BCUT2D eigenvalue weighted by molar-refractivity contribution is 0.177. The third-order valence-corrected chi connectivity index (χ3v) is 5.96. The Balaban J connectivity index is 1.55. The van der Waals surface area contributed by atoms with Gasteiger partial charge < -0.3 is 10.1 Å². The first kappa shape index (κ1) is 21.1. The van der Waals surface area contributed by atoms with E-state index in [-0.39, 0.29) is 24.1 Å². The summed E-state index contributed by atoms with van der Waals surface area (Å²) >= 11 is 0. The van der Waals surface area contributed by atoms with Gasteiger partial charge in [0, 0.05) is 6.20 Å². The van der Waals surface area contributed by atoms with Crippen molar-refractivity contribution in [2.24, 2.45) is 5.92 Å². The summed E-state index contributed by atoms with van der Waals surface area (Å²) in [5, 5.41) is 5.83. The van der Waals surface area contributed by atoms with Gasteiger partial charge in [-0.2, -0.15) is 4.98 Å². The van der Waals surface area contributed by atoms with Crippen LogP contribution < -0.4 is 10.2 Å². The van der Waals surface area contributed by atoms with Crippen LogP contribution in [0.25, 0.3) is 10.8 Å². The minimum absolute atomic E-state index is 0.0100.